The van der Waals surface area contributed by atoms with Gasteiger partial charge in [0.15, 0.2) is 0 Å². The second kappa shape index (κ2) is 9.50. The summed E-state index contributed by atoms with van der Waals surface area (Å²) in [5.41, 5.74) is 5.68. The number of aliphatic hydroxyl groups is 2. The molecule has 1 aliphatic rings. The first-order valence-corrected chi connectivity index (χ1v) is 11.5. The average molecular weight is 457 g/mol. The number of aryl methyl sites for hydroxylation is 2. The number of nitrogens with one attached hydrogen (secondary N) is 1. The Morgan fingerprint density at radius 2 is 2.09 bits per heavy atom. The Kier molecular flexibility index (Phi) is 6.71. The molecule has 0 spiro atoms. The van der Waals surface area contributed by atoms with Crippen LogP contribution in [0.15, 0.2) is 40.4 Å². The summed E-state index contributed by atoms with van der Waals surface area (Å²) in [4.78, 5) is 20.0. The summed E-state index contributed by atoms with van der Waals surface area (Å²) in [6.45, 7) is 6.16. The highest BCUT2D eigenvalue weighted by molar-refractivity contribution is 7.13. The van der Waals surface area contributed by atoms with Gasteiger partial charge in [-0.05, 0) is 38.3 Å². The molecule has 0 saturated carbocycles. The Labute approximate surface area is 190 Å². The molecular formula is C23H28N4O4S. The first-order chi connectivity index (χ1) is 15.3. The lowest BCUT2D eigenvalue weighted by atomic mass is 10.1. The monoisotopic (exact) mass is 456 g/mol. The Hall–Kier alpha value is -2.59. The van der Waals surface area contributed by atoms with Gasteiger partial charge in [0.05, 0.1) is 39.8 Å². The van der Waals surface area contributed by atoms with Gasteiger partial charge in [-0.25, -0.2) is 4.98 Å². The molecule has 0 aliphatic carbocycles. The highest BCUT2D eigenvalue weighted by atomic mass is 32.1. The molecule has 3 aromatic rings. The zero-order valence-electron chi connectivity index (χ0n) is 18.4. The minimum atomic E-state index is -0.969. The number of aliphatic hydroxyl groups excluding tert-OH is 2. The fraction of sp³-hybridized carbons (Fsp3) is 0.435. The predicted octanol–water partition coefficient (Wildman–Crippen LogP) is 2.59. The van der Waals surface area contributed by atoms with Crippen molar-refractivity contribution in [3.63, 3.8) is 0 Å². The van der Waals surface area contributed by atoms with Crippen LogP contribution in [-0.4, -0.2) is 56.1 Å². The standard InChI is InChI=1S/C23H28N4O4S/c1-13-8-20(31-26-13)14(2)23(30)27-11-18(28)9-19(27)22(29)24-10-16-4-6-17(7-5-16)21-15(3)25-12-32-21/h4-8,12,14,18-19,22,24,28-29H,9-11H2,1-3H3/t14-,18+,19-,22?/m0/s1. The van der Waals surface area contributed by atoms with Crippen LogP contribution in [0.5, 0.6) is 0 Å². The first kappa shape index (κ1) is 22.6. The summed E-state index contributed by atoms with van der Waals surface area (Å²) in [6, 6.07) is 9.31. The molecule has 8 nitrogen and oxygen atoms in total. The highest BCUT2D eigenvalue weighted by Gasteiger charge is 2.40. The van der Waals surface area contributed by atoms with E-state index in [9.17, 15) is 15.0 Å². The summed E-state index contributed by atoms with van der Waals surface area (Å²) in [5, 5.41) is 27.9. The number of benzene rings is 1. The van der Waals surface area contributed by atoms with Crippen LogP contribution in [0, 0.1) is 13.8 Å². The van der Waals surface area contributed by atoms with Crippen molar-refractivity contribution in [2.24, 2.45) is 0 Å². The molecular weight excluding hydrogens is 428 g/mol. The number of aromatic nitrogens is 2. The van der Waals surface area contributed by atoms with Crippen molar-refractivity contribution in [3.05, 3.63) is 58.6 Å². The smallest absolute Gasteiger partial charge is 0.233 e. The molecule has 4 atom stereocenters. The lowest BCUT2D eigenvalue weighted by Gasteiger charge is -2.30. The van der Waals surface area contributed by atoms with Crippen LogP contribution in [0.25, 0.3) is 10.4 Å². The largest absolute Gasteiger partial charge is 0.391 e. The summed E-state index contributed by atoms with van der Waals surface area (Å²) >= 11 is 1.61. The number of carbonyl (C=O) groups is 1. The van der Waals surface area contributed by atoms with Gasteiger partial charge >= 0.3 is 0 Å². The molecule has 1 unspecified atom stereocenters. The van der Waals surface area contributed by atoms with E-state index in [0.717, 1.165) is 21.7 Å². The molecule has 3 heterocycles. The fourth-order valence-corrected chi connectivity index (χ4v) is 4.88. The van der Waals surface area contributed by atoms with Crippen molar-refractivity contribution in [1.82, 2.24) is 20.4 Å². The van der Waals surface area contributed by atoms with Gasteiger partial charge in [-0.1, -0.05) is 29.4 Å². The third-order valence-electron chi connectivity index (χ3n) is 5.89. The number of rotatable bonds is 7. The van der Waals surface area contributed by atoms with Crippen molar-refractivity contribution in [2.75, 3.05) is 6.54 Å². The van der Waals surface area contributed by atoms with Gasteiger partial charge in [0, 0.05) is 19.2 Å². The van der Waals surface area contributed by atoms with E-state index in [1.807, 2.05) is 36.7 Å². The fourth-order valence-electron chi connectivity index (χ4n) is 4.06. The molecule has 0 radical (unpaired) electrons. The number of likely N-dealkylation sites (tertiary alicyclic amines) is 1. The maximum Gasteiger partial charge on any atom is 0.233 e. The molecule has 1 aromatic carbocycles. The third kappa shape index (κ3) is 4.75. The lowest BCUT2D eigenvalue weighted by molar-refractivity contribution is -0.136. The zero-order valence-corrected chi connectivity index (χ0v) is 19.2. The van der Waals surface area contributed by atoms with E-state index in [0.29, 0.717) is 24.4 Å². The van der Waals surface area contributed by atoms with Gasteiger partial charge in [-0.2, -0.15) is 0 Å². The lowest BCUT2D eigenvalue weighted by Crippen LogP contribution is -2.49. The number of β-amino-alcohol motifs (C(OH)–C–C–N with tert-alkyl or cyclic N) is 1. The number of hydrogen-bond acceptors (Lipinski definition) is 8. The molecule has 1 fully saturated rings. The third-order valence-corrected chi connectivity index (χ3v) is 6.87. The average Bonchev–Trinajstić information content (AvgIpc) is 3.51. The van der Waals surface area contributed by atoms with E-state index in [1.54, 1.807) is 36.2 Å². The number of hydrogen-bond donors (Lipinski definition) is 3. The van der Waals surface area contributed by atoms with Crippen LogP contribution in [-0.2, 0) is 11.3 Å². The molecule has 1 amide bonds. The molecule has 3 N–H and O–H groups in total. The highest BCUT2D eigenvalue weighted by Crippen LogP contribution is 2.28. The minimum absolute atomic E-state index is 0.183. The molecule has 4 rings (SSSR count). The van der Waals surface area contributed by atoms with Crippen molar-refractivity contribution in [1.29, 1.82) is 0 Å². The normalized spacial score (nSPS) is 20.5. The number of nitrogens with zero attached hydrogens (tertiary/aromatic N) is 3. The zero-order chi connectivity index (χ0) is 22.8. The summed E-state index contributed by atoms with van der Waals surface area (Å²) in [6.07, 6.45) is -1.33. The molecule has 9 heteroatoms. The summed E-state index contributed by atoms with van der Waals surface area (Å²) in [7, 11) is 0. The Bertz CT molecular complexity index is 1060. The number of carbonyl (C=O) groups excluding carboxylic acids is 1. The molecule has 0 bridgehead atoms. The molecule has 170 valence electrons. The SMILES string of the molecule is Cc1cc([C@H](C)C(=O)N2C[C@H](O)C[C@H]2C(O)NCc2ccc(-c3scnc3C)cc2)on1. The first-order valence-electron chi connectivity index (χ1n) is 10.7. The maximum atomic E-state index is 13.1. The van der Waals surface area contributed by atoms with Crippen LogP contribution in [0.3, 0.4) is 0 Å². The molecule has 2 aromatic heterocycles. The van der Waals surface area contributed by atoms with E-state index in [-0.39, 0.29) is 12.5 Å². The van der Waals surface area contributed by atoms with Crippen molar-refractivity contribution in [3.8, 4) is 10.4 Å². The topological polar surface area (TPSA) is 112 Å². The maximum absolute atomic E-state index is 13.1. The van der Waals surface area contributed by atoms with Crippen LogP contribution in [0.1, 0.15) is 42.0 Å². The van der Waals surface area contributed by atoms with E-state index in [2.05, 4.69) is 15.5 Å². The summed E-state index contributed by atoms with van der Waals surface area (Å²) in [5.74, 6) is -0.266. The van der Waals surface area contributed by atoms with Gasteiger partial charge < -0.3 is 19.6 Å². The van der Waals surface area contributed by atoms with Gasteiger partial charge in [0.1, 0.15) is 12.0 Å². The second-order valence-corrected chi connectivity index (χ2v) is 9.18. The number of thiazole rings is 1. The van der Waals surface area contributed by atoms with E-state index < -0.39 is 24.3 Å². The summed E-state index contributed by atoms with van der Waals surface area (Å²) < 4.78 is 5.24. The molecule has 1 saturated heterocycles. The van der Waals surface area contributed by atoms with Crippen molar-refractivity contribution < 1.29 is 19.5 Å². The predicted molar refractivity (Wildman–Crippen MR) is 121 cm³/mol. The van der Waals surface area contributed by atoms with Crippen molar-refractivity contribution in [2.45, 2.75) is 58.0 Å². The van der Waals surface area contributed by atoms with Crippen molar-refractivity contribution >= 4 is 17.2 Å². The van der Waals surface area contributed by atoms with Crippen LogP contribution in [0.2, 0.25) is 0 Å². The Morgan fingerprint density at radius 3 is 2.72 bits per heavy atom. The Balaban J connectivity index is 1.38. The minimum Gasteiger partial charge on any atom is -0.391 e. The van der Waals surface area contributed by atoms with Crippen LogP contribution in [0.4, 0.5) is 0 Å². The Morgan fingerprint density at radius 1 is 1.34 bits per heavy atom. The molecule has 1 aliphatic heterocycles. The molecule has 32 heavy (non-hydrogen) atoms. The number of amides is 1. The van der Waals surface area contributed by atoms with Gasteiger partial charge in [-0.3, -0.25) is 10.1 Å². The van der Waals surface area contributed by atoms with E-state index >= 15 is 0 Å². The van der Waals surface area contributed by atoms with Crippen LogP contribution < -0.4 is 5.32 Å². The van der Waals surface area contributed by atoms with Crippen LogP contribution >= 0.6 is 11.3 Å². The van der Waals surface area contributed by atoms with E-state index in [1.165, 1.54) is 0 Å². The quantitative estimate of drug-likeness (QED) is 0.469. The van der Waals surface area contributed by atoms with E-state index in [4.69, 9.17) is 4.52 Å². The van der Waals surface area contributed by atoms with Gasteiger partial charge in [0.25, 0.3) is 0 Å². The van der Waals surface area contributed by atoms with Gasteiger partial charge in [-0.15, -0.1) is 11.3 Å². The second-order valence-electron chi connectivity index (χ2n) is 8.33. The van der Waals surface area contributed by atoms with Gasteiger partial charge in [0.2, 0.25) is 5.91 Å².